The molecule has 0 aromatic carbocycles. The van der Waals surface area contributed by atoms with Gasteiger partial charge >= 0.3 is 0 Å². The summed E-state index contributed by atoms with van der Waals surface area (Å²) < 4.78 is 31.6. The molecule has 0 bridgehead atoms. The molecule has 6 nitrogen and oxygen atoms in total. The summed E-state index contributed by atoms with van der Waals surface area (Å²) in [5.41, 5.74) is 0. The average molecular weight is 285 g/mol. The Morgan fingerprint density at radius 1 is 1.42 bits per heavy atom. The molecule has 2 unspecified atom stereocenters. The molecule has 1 N–H and O–H groups in total. The van der Waals surface area contributed by atoms with Gasteiger partial charge in [-0.2, -0.15) is 4.31 Å². The lowest BCUT2D eigenvalue weighted by molar-refractivity contribution is 0.244. The van der Waals surface area contributed by atoms with E-state index in [1.165, 1.54) is 23.7 Å². The quantitative estimate of drug-likeness (QED) is 0.873. The third-order valence-electron chi connectivity index (χ3n) is 3.23. The number of ether oxygens (including phenoxy) is 1. The van der Waals surface area contributed by atoms with E-state index in [1.807, 2.05) is 13.8 Å². The van der Waals surface area contributed by atoms with Crippen molar-refractivity contribution < 1.29 is 13.2 Å². The lowest BCUT2D eigenvalue weighted by Gasteiger charge is -2.36. The molecular formula is C12H19N3O3S. The highest BCUT2D eigenvalue weighted by Gasteiger charge is 2.33. The van der Waals surface area contributed by atoms with Crippen molar-refractivity contribution in [1.82, 2.24) is 14.6 Å². The van der Waals surface area contributed by atoms with Gasteiger partial charge in [0.2, 0.25) is 15.9 Å². The number of piperazine rings is 1. The minimum Gasteiger partial charge on any atom is -0.481 e. The molecule has 1 fully saturated rings. The average Bonchev–Trinajstić information content (AvgIpc) is 2.41. The van der Waals surface area contributed by atoms with Crippen molar-refractivity contribution in [1.29, 1.82) is 0 Å². The summed E-state index contributed by atoms with van der Waals surface area (Å²) in [4.78, 5) is 4.16. The number of nitrogens with zero attached hydrogens (tertiary/aromatic N) is 2. The maximum Gasteiger partial charge on any atom is 0.244 e. The number of nitrogens with one attached hydrogen (secondary N) is 1. The zero-order valence-corrected chi connectivity index (χ0v) is 12.1. The van der Waals surface area contributed by atoms with E-state index in [4.69, 9.17) is 4.74 Å². The first-order valence-corrected chi connectivity index (χ1v) is 7.64. The van der Waals surface area contributed by atoms with Crippen LogP contribution < -0.4 is 10.1 Å². The number of rotatable bonds is 3. The molecule has 1 aliphatic rings. The second kappa shape index (κ2) is 5.44. The smallest absolute Gasteiger partial charge is 0.244 e. The van der Waals surface area contributed by atoms with E-state index in [2.05, 4.69) is 10.3 Å². The Morgan fingerprint density at radius 2 is 2.16 bits per heavy atom. The third-order valence-corrected chi connectivity index (χ3v) is 5.20. The van der Waals surface area contributed by atoms with Crippen LogP contribution in [0.4, 0.5) is 0 Å². The van der Waals surface area contributed by atoms with E-state index >= 15 is 0 Å². The Hall–Kier alpha value is -1.18. The molecule has 7 heteroatoms. The van der Waals surface area contributed by atoms with Crippen molar-refractivity contribution in [3.8, 4) is 5.88 Å². The molecule has 0 amide bonds. The summed E-state index contributed by atoms with van der Waals surface area (Å²) in [7, 11) is -2.00. The minimum atomic E-state index is -3.49. The van der Waals surface area contributed by atoms with Crippen molar-refractivity contribution in [3.05, 3.63) is 18.3 Å². The predicted molar refractivity (Wildman–Crippen MR) is 71.6 cm³/mol. The summed E-state index contributed by atoms with van der Waals surface area (Å²) in [6, 6.07) is 3.17. The zero-order valence-electron chi connectivity index (χ0n) is 11.3. The van der Waals surface area contributed by atoms with Crippen LogP contribution >= 0.6 is 0 Å². The van der Waals surface area contributed by atoms with Gasteiger partial charge in [-0.15, -0.1) is 0 Å². The summed E-state index contributed by atoms with van der Waals surface area (Å²) >= 11 is 0. The summed E-state index contributed by atoms with van der Waals surface area (Å²) in [6.07, 6.45) is 1.34. The Balaban J connectivity index is 2.29. The number of sulfonamides is 1. The molecule has 0 spiro atoms. The van der Waals surface area contributed by atoms with Crippen LogP contribution in [0.15, 0.2) is 23.2 Å². The van der Waals surface area contributed by atoms with Gasteiger partial charge in [0.1, 0.15) is 4.90 Å². The first-order chi connectivity index (χ1) is 8.95. The Kier molecular flexibility index (Phi) is 4.07. The van der Waals surface area contributed by atoms with Gasteiger partial charge in [0.15, 0.2) is 0 Å². The van der Waals surface area contributed by atoms with E-state index < -0.39 is 10.0 Å². The monoisotopic (exact) mass is 285 g/mol. The van der Waals surface area contributed by atoms with Gasteiger partial charge < -0.3 is 10.1 Å². The molecule has 2 rings (SSSR count). The van der Waals surface area contributed by atoms with E-state index in [0.29, 0.717) is 19.0 Å². The molecule has 1 aromatic rings. The molecule has 1 aromatic heterocycles. The molecule has 2 heterocycles. The molecule has 0 aliphatic carbocycles. The fourth-order valence-electron chi connectivity index (χ4n) is 2.10. The van der Waals surface area contributed by atoms with E-state index in [-0.39, 0.29) is 17.0 Å². The van der Waals surface area contributed by atoms with E-state index in [0.717, 1.165) is 0 Å². The molecule has 1 aliphatic heterocycles. The number of hydrogen-bond donors (Lipinski definition) is 1. The first-order valence-electron chi connectivity index (χ1n) is 6.20. The van der Waals surface area contributed by atoms with Crippen LogP contribution in [0.5, 0.6) is 5.88 Å². The number of aromatic nitrogens is 1. The van der Waals surface area contributed by atoms with E-state index in [9.17, 15) is 8.42 Å². The highest BCUT2D eigenvalue weighted by Crippen LogP contribution is 2.21. The van der Waals surface area contributed by atoms with Crippen LogP contribution in [0.2, 0.25) is 0 Å². The minimum absolute atomic E-state index is 0.0664. The topological polar surface area (TPSA) is 71.5 Å². The van der Waals surface area contributed by atoms with Gasteiger partial charge in [0.25, 0.3) is 0 Å². The molecule has 2 atom stereocenters. The van der Waals surface area contributed by atoms with Gasteiger partial charge in [-0.05, 0) is 19.9 Å². The number of hydrogen-bond acceptors (Lipinski definition) is 5. The molecule has 19 heavy (non-hydrogen) atoms. The fourth-order valence-corrected chi connectivity index (χ4v) is 3.76. The molecule has 1 saturated heterocycles. The van der Waals surface area contributed by atoms with Crippen molar-refractivity contribution in [2.24, 2.45) is 0 Å². The lowest BCUT2D eigenvalue weighted by atomic mass is 10.2. The Morgan fingerprint density at radius 3 is 2.74 bits per heavy atom. The van der Waals surface area contributed by atoms with Gasteiger partial charge in [0.05, 0.1) is 13.3 Å². The van der Waals surface area contributed by atoms with Gasteiger partial charge in [0, 0.05) is 31.2 Å². The molecule has 0 saturated carbocycles. The van der Waals surface area contributed by atoms with Gasteiger partial charge in [-0.1, -0.05) is 0 Å². The zero-order chi connectivity index (χ0) is 14.0. The SMILES string of the molecule is COc1ccc(S(=O)(=O)N2CC(C)NCC2C)cn1. The summed E-state index contributed by atoms with van der Waals surface area (Å²) in [6.45, 7) is 4.99. The Labute approximate surface area is 113 Å². The normalized spacial score (nSPS) is 25.2. The largest absolute Gasteiger partial charge is 0.481 e. The molecular weight excluding hydrogens is 266 g/mol. The summed E-state index contributed by atoms with van der Waals surface area (Å²) in [5.74, 6) is 0.403. The van der Waals surface area contributed by atoms with Crippen LogP contribution in [0.3, 0.4) is 0 Å². The predicted octanol–water partition coefficient (Wildman–Crippen LogP) is 0.461. The highest BCUT2D eigenvalue weighted by molar-refractivity contribution is 7.89. The molecule has 0 radical (unpaired) electrons. The number of pyridine rings is 1. The standard InChI is InChI=1S/C12H19N3O3S/c1-9-8-15(10(2)6-13-9)19(16,17)11-4-5-12(18-3)14-7-11/h4-5,7,9-10,13H,6,8H2,1-3H3. The van der Waals surface area contributed by atoms with Crippen molar-refractivity contribution in [3.63, 3.8) is 0 Å². The maximum absolute atomic E-state index is 12.6. The highest BCUT2D eigenvalue weighted by atomic mass is 32.2. The van der Waals surface area contributed by atoms with Crippen LogP contribution in [-0.2, 0) is 10.0 Å². The van der Waals surface area contributed by atoms with Crippen molar-refractivity contribution in [2.75, 3.05) is 20.2 Å². The maximum atomic E-state index is 12.6. The van der Waals surface area contributed by atoms with Crippen molar-refractivity contribution >= 4 is 10.0 Å². The summed E-state index contributed by atoms with van der Waals surface area (Å²) in [5, 5.41) is 3.26. The van der Waals surface area contributed by atoms with Crippen molar-refractivity contribution in [2.45, 2.75) is 30.8 Å². The molecule has 106 valence electrons. The fraction of sp³-hybridized carbons (Fsp3) is 0.583. The third kappa shape index (κ3) is 2.88. The van der Waals surface area contributed by atoms with Crippen LogP contribution in [-0.4, -0.2) is 50.0 Å². The second-order valence-corrected chi connectivity index (χ2v) is 6.66. The Bertz CT molecular complexity index is 530. The van der Waals surface area contributed by atoms with Crippen LogP contribution in [0.25, 0.3) is 0 Å². The van der Waals surface area contributed by atoms with E-state index in [1.54, 1.807) is 6.07 Å². The second-order valence-electron chi connectivity index (χ2n) is 4.77. The van der Waals surface area contributed by atoms with Gasteiger partial charge in [-0.25, -0.2) is 13.4 Å². The van der Waals surface area contributed by atoms with Crippen LogP contribution in [0.1, 0.15) is 13.8 Å². The van der Waals surface area contributed by atoms with Gasteiger partial charge in [-0.3, -0.25) is 0 Å². The first kappa shape index (κ1) is 14.2. The van der Waals surface area contributed by atoms with Crippen LogP contribution in [0, 0.1) is 0 Å². The number of methoxy groups -OCH3 is 1. The lowest BCUT2D eigenvalue weighted by Crippen LogP contribution is -2.56.